The lowest BCUT2D eigenvalue weighted by Gasteiger charge is -2.71. The summed E-state index contributed by atoms with van der Waals surface area (Å²) in [4.78, 5) is 12.9. The second kappa shape index (κ2) is 7.57. The number of aliphatic hydroxyl groups is 1. The number of fused-ring (bicyclic) bond motifs is 2. The maximum absolute atomic E-state index is 10.4. The summed E-state index contributed by atoms with van der Waals surface area (Å²) >= 11 is 0. The first-order valence-electron chi connectivity index (χ1n) is 13.4. The molecule has 0 aromatic carbocycles. The van der Waals surface area contributed by atoms with Crippen molar-refractivity contribution in [2.75, 3.05) is 0 Å². The molecule has 3 heteroatoms. The summed E-state index contributed by atoms with van der Waals surface area (Å²) in [6, 6.07) is 0. The minimum atomic E-state index is -0.428. The lowest BCUT2D eigenvalue weighted by atomic mass is 9.39. The van der Waals surface area contributed by atoms with Gasteiger partial charge in [0.2, 0.25) is 0 Å². The Kier molecular flexibility index (Phi) is 5.47. The van der Waals surface area contributed by atoms with Crippen molar-refractivity contribution in [1.82, 2.24) is 0 Å². The van der Waals surface area contributed by atoms with Gasteiger partial charge in [0.05, 0.1) is 6.10 Å². The molecule has 3 saturated carbocycles. The van der Waals surface area contributed by atoms with Crippen LogP contribution in [-0.2, 0) is 9.78 Å². The van der Waals surface area contributed by atoms with Gasteiger partial charge in [-0.1, -0.05) is 66.4 Å². The van der Waals surface area contributed by atoms with Crippen LogP contribution in [0.2, 0.25) is 0 Å². The van der Waals surface area contributed by atoms with Gasteiger partial charge in [0.1, 0.15) is 11.2 Å². The standard InChI is InChI=1S/C28H46O3/c1-19(2)8-6-9-20(3)22-10-7-11-23-25(22,4)14-13-24-26(5)15-12-21(29)18-27(26)16-17-28(23,24)31-30-27/h16-17,19-24,29H,6-15,18H2,1-5H3/t20-,21+,22-,23-,24-,25-,26-,27-,28+/m1/s1. The van der Waals surface area contributed by atoms with Crippen molar-refractivity contribution in [2.24, 2.45) is 40.4 Å². The summed E-state index contributed by atoms with van der Waals surface area (Å²) in [6.07, 6.45) is 17.8. The van der Waals surface area contributed by atoms with E-state index in [0.717, 1.165) is 30.6 Å². The van der Waals surface area contributed by atoms with Crippen LogP contribution < -0.4 is 0 Å². The van der Waals surface area contributed by atoms with Crippen molar-refractivity contribution < 1.29 is 14.9 Å². The van der Waals surface area contributed by atoms with E-state index in [9.17, 15) is 5.11 Å². The third kappa shape index (κ3) is 3.08. The highest BCUT2D eigenvalue weighted by Gasteiger charge is 2.73. The SMILES string of the molecule is CC(C)CCC[C@@H](C)[C@H]1CCC[C@@H]2[C@]1(C)CC[C@H]1[C@]23C=C[C@]2(C[C@@H](O)CC[C@]12C)OO3. The fourth-order valence-corrected chi connectivity index (χ4v) is 9.32. The Morgan fingerprint density at radius 2 is 1.74 bits per heavy atom. The zero-order valence-electron chi connectivity index (χ0n) is 20.7. The Labute approximate surface area is 190 Å². The second-order valence-corrected chi connectivity index (χ2v) is 13.0. The van der Waals surface area contributed by atoms with Gasteiger partial charge < -0.3 is 5.11 Å². The molecule has 9 atom stereocenters. The molecule has 2 heterocycles. The van der Waals surface area contributed by atoms with Gasteiger partial charge in [0.15, 0.2) is 0 Å². The third-order valence-corrected chi connectivity index (χ3v) is 11.1. The first-order valence-corrected chi connectivity index (χ1v) is 13.4. The monoisotopic (exact) mass is 430 g/mol. The van der Waals surface area contributed by atoms with E-state index < -0.39 is 5.60 Å². The van der Waals surface area contributed by atoms with Crippen LogP contribution in [0.25, 0.3) is 0 Å². The summed E-state index contributed by atoms with van der Waals surface area (Å²) in [6.45, 7) is 12.3. The van der Waals surface area contributed by atoms with Crippen molar-refractivity contribution in [3.05, 3.63) is 12.2 Å². The second-order valence-electron chi connectivity index (χ2n) is 13.0. The first-order chi connectivity index (χ1) is 14.7. The topological polar surface area (TPSA) is 38.7 Å². The first kappa shape index (κ1) is 22.4. The van der Waals surface area contributed by atoms with E-state index >= 15 is 0 Å². The Balaban J connectivity index is 1.44. The summed E-state index contributed by atoms with van der Waals surface area (Å²) in [5.74, 6) is 3.45. The van der Waals surface area contributed by atoms with E-state index in [4.69, 9.17) is 9.78 Å². The Bertz CT molecular complexity index is 717. The zero-order valence-corrected chi connectivity index (χ0v) is 20.7. The van der Waals surface area contributed by atoms with Gasteiger partial charge in [-0.25, -0.2) is 9.78 Å². The molecule has 0 unspecified atom stereocenters. The molecule has 1 saturated heterocycles. The highest BCUT2D eigenvalue weighted by Crippen LogP contribution is 2.72. The Hall–Kier alpha value is -0.380. The molecule has 0 aromatic heterocycles. The van der Waals surface area contributed by atoms with Gasteiger partial charge in [-0.05, 0) is 67.8 Å². The van der Waals surface area contributed by atoms with E-state index in [1.54, 1.807) is 0 Å². The van der Waals surface area contributed by atoms with E-state index in [1.165, 1.54) is 51.4 Å². The molecule has 31 heavy (non-hydrogen) atoms. The highest BCUT2D eigenvalue weighted by molar-refractivity contribution is 5.32. The van der Waals surface area contributed by atoms with Gasteiger partial charge in [-0.3, -0.25) is 0 Å². The lowest BCUT2D eigenvalue weighted by molar-refractivity contribution is -0.500. The predicted octanol–water partition coefficient (Wildman–Crippen LogP) is 6.84. The molecule has 1 N–H and O–H groups in total. The van der Waals surface area contributed by atoms with Crippen LogP contribution in [-0.4, -0.2) is 22.4 Å². The van der Waals surface area contributed by atoms with Crippen molar-refractivity contribution in [1.29, 1.82) is 0 Å². The largest absolute Gasteiger partial charge is 0.393 e. The maximum Gasteiger partial charge on any atom is 0.130 e. The number of hydrogen-bond acceptors (Lipinski definition) is 3. The molecule has 176 valence electrons. The summed E-state index contributed by atoms with van der Waals surface area (Å²) in [5, 5.41) is 10.4. The fraction of sp³-hybridized carbons (Fsp3) is 0.929. The van der Waals surface area contributed by atoms with Crippen molar-refractivity contribution in [3.8, 4) is 0 Å². The van der Waals surface area contributed by atoms with Crippen LogP contribution in [0.5, 0.6) is 0 Å². The van der Waals surface area contributed by atoms with Gasteiger partial charge in [0, 0.05) is 23.7 Å². The van der Waals surface area contributed by atoms with Crippen molar-refractivity contribution >= 4 is 0 Å². The molecule has 4 aliphatic carbocycles. The Morgan fingerprint density at radius 1 is 0.935 bits per heavy atom. The fourth-order valence-electron chi connectivity index (χ4n) is 9.32. The molecule has 6 aliphatic rings. The molecular formula is C28H46O3. The molecule has 0 amide bonds. The molecule has 0 radical (unpaired) electrons. The number of hydrogen-bond donors (Lipinski definition) is 1. The van der Waals surface area contributed by atoms with Crippen molar-refractivity contribution in [2.45, 2.75) is 123 Å². The highest BCUT2D eigenvalue weighted by atomic mass is 17.2. The smallest absolute Gasteiger partial charge is 0.130 e. The Morgan fingerprint density at radius 3 is 2.45 bits per heavy atom. The summed E-state index contributed by atoms with van der Waals surface area (Å²) < 4.78 is 0. The number of aliphatic hydroxyl groups excluding tert-OH is 1. The third-order valence-electron chi connectivity index (χ3n) is 11.1. The summed E-state index contributed by atoms with van der Waals surface area (Å²) in [5.41, 5.74) is -0.275. The molecule has 0 aromatic rings. The average Bonchev–Trinajstić information content (AvgIpc) is 2.72. The van der Waals surface area contributed by atoms with Crippen LogP contribution >= 0.6 is 0 Å². The minimum Gasteiger partial charge on any atom is -0.393 e. The number of rotatable bonds is 5. The normalized spacial score (nSPS) is 51.8. The van der Waals surface area contributed by atoms with Crippen LogP contribution in [0.3, 0.4) is 0 Å². The van der Waals surface area contributed by atoms with Crippen molar-refractivity contribution in [3.63, 3.8) is 0 Å². The zero-order chi connectivity index (χ0) is 22.1. The minimum absolute atomic E-state index is 0.0797. The van der Waals surface area contributed by atoms with Gasteiger partial charge in [-0.2, -0.15) is 0 Å². The molecule has 6 rings (SSSR count). The quantitative estimate of drug-likeness (QED) is 0.383. The molecule has 4 fully saturated rings. The van der Waals surface area contributed by atoms with E-state index in [0.29, 0.717) is 23.7 Å². The van der Waals surface area contributed by atoms with Crippen LogP contribution in [0.15, 0.2) is 12.2 Å². The molecule has 3 nitrogen and oxygen atoms in total. The van der Waals surface area contributed by atoms with Gasteiger partial charge >= 0.3 is 0 Å². The molecule has 2 aliphatic heterocycles. The maximum atomic E-state index is 10.4. The van der Waals surface area contributed by atoms with E-state index in [-0.39, 0.29) is 17.1 Å². The van der Waals surface area contributed by atoms with E-state index in [1.807, 2.05) is 0 Å². The average molecular weight is 431 g/mol. The van der Waals surface area contributed by atoms with Crippen LogP contribution in [0.4, 0.5) is 0 Å². The molecular weight excluding hydrogens is 384 g/mol. The molecule has 2 bridgehead atoms. The molecule has 2 spiro atoms. The summed E-state index contributed by atoms with van der Waals surface area (Å²) in [7, 11) is 0. The van der Waals surface area contributed by atoms with Crippen LogP contribution in [0.1, 0.15) is 105 Å². The van der Waals surface area contributed by atoms with Gasteiger partial charge in [-0.15, -0.1) is 0 Å². The van der Waals surface area contributed by atoms with Crippen LogP contribution in [0, 0.1) is 40.4 Å². The van der Waals surface area contributed by atoms with Gasteiger partial charge in [0.25, 0.3) is 0 Å². The predicted molar refractivity (Wildman–Crippen MR) is 124 cm³/mol. The van der Waals surface area contributed by atoms with E-state index in [2.05, 4.69) is 46.8 Å². The lowest BCUT2D eigenvalue weighted by Crippen LogP contribution is -2.74.